The van der Waals surface area contributed by atoms with Gasteiger partial charge in [0.2, 0.25) is 5.88 Å². The number of rotatable bonds is 19. The van der Waals surface area contributed by atoms with Crippen molar-refractivity contribution in [2.24, 2.45) is 5.92 Å². The predicted octanol–water partition coefficient (Wildman–Crippen LogP) is 23.7. The number of hydrogen-bond acceptors (Lipinski definition) is 14. The van der Waals surface area contributed by atoms with Crippen molar-refractivity contribution in [1.82, 2.24) is 27.8 Å². The van der Waals surface area contributed by atoms with Gasteiger partial charge in [-0.3, -0.25) is 43.2 Å². The van der Waals surface area contributed by atoms with Crippen LogP contribution in [0, 0.1) is 5.92 Å². The van der Waals surface area contributed by atoms with E-state index in [0.717, 1.165) is 46.8 Å². The lowest BCUT2D eigenvalue weighted by molar-refractivity contribution is -0.180. The molecule has 5 N–H and O–H groups in total. The second-order valence-corrected chi connectivity index (χ2v) is 37.1. The van der Waals surface area contributed by atoms with Crippen LogP contribution in [0.5, 0.6) is 28.9 Å². The number of carbonyl (C=O) groups is 5. The van der Waals surface area contributed by atoms with Gasteiger partial charge in [0, 0.05) is 49.4 Å². The fourth-order valence-electron chi connectivity index (χ4n) is 18.6. The number of fused-ring (bicyclic) bond motifs is 12. The second-order valence-electron chi connectivity index (χ2n) is 34.7. The highest BCUT2D eigenvalue weighted by Crippen LogP contribution is 2.65. The molecular formula is C102H80Cl6F6N6O18. The van der Waals surface area contributed by atoms with Crippen molar-refractivity contribution in [3.8, 4) is 28.9 Å². The van der Waals surface area contributed by atoms with E-state index in [9.17, 15) is 95.0 Å². The average molecular weight is 2000 g/mol. The van der Waals surface area contributed by atoms with E-state index in [4.69, 9.17) is 88.6 Å². The summed E-state index contributed by atoms with van der Waals surface area (Å²) in [5.74, 6) is -3.20. The number of nitrogens with zero attached hydrogens (tertiary/aromatic N) is 6. The summed E-state index contributed by atoms with van der Waals surface area (Å²) >= 11 is 37.5. The fourth-order valence-corrected chi connectivity index (χ4v) is 19.9. The van der Waals surface area contributed by atoms with E-state index in [1.54, 1.807) is 74.5 Å². The van der Waals surface area contributed by atoms with Crippen LogP contribution in [0.2, 0.25) is 30.1 Å². The molecule has 6 aromatic heterocycles. The lowest BCUT2D eigenvalue weighted by Crippen LogP contribution is -2.55. The Balaban J connectivity index is 0.000000125. The molecule has 0 spiro atoms. The molecule has 24 nitrogen and oxygen atoms in total. The first-order valence-electron chi connectivity index (χ1n) is 42.8. The number of benzene rings is 11. The normalized spacial score (nSPS) is 14.8. The van der Waals surface area contributed by atoms with Crippen LogP contribution < -0.4 is 40.7 Å². The van der Waals surface area contributed by atoms with E-state index >= 15 is 0 Å². The van der Waals surface area contributed by atoms with Crippen LogP contribution in [-0.2, 0) is 72.9 Å². The Bertz CT molecular complexity index is 8090. The van der Waals surface area contributed by atoms with E-state index < -0.39 is 77.0 Å². The molecule has 4 fully saturated rings. The molecule has 4 aliphatic rings. The molecular weight excluding hydrogens is 1920 g/mol. The van der Waals surface area contributed by atoms with Crippen LogP contribution in [0.25, 0.3) is 120 Å². The lowest BCUT2D eigenvalue weighted by Gasteiger charge is -2.62. The molecule has 710 valence electrons. The predicted molar refractivity (Wildman–Crippen MR) is 521 cm³/mol. The van der Waals surface area contributed by atoms with Crippen molar-refractivity contribution in [3.63, 3.8) is 0 Å². The third-order valence-corrected chi connectivity index (χ3v) is 27.9. The van der Waals surface area contributed by atoms with E-state index in [2.05, 4.69) is 24.9 Å². The molecule has 11 aromatic carbocycles. The zero-order valence-corrected chi connectivity index (χ0v) is 78.5. The van der Waals surface area contributed by atoms with E-state index in [1.807, 2.05) is 66.7 Å². The van der Waals surface area contributed by atoms with Crippen molar-refractivity contribution in [3.05, 3.63) is 288 Å². The van der Waals surface area contributed by atoms with Gasteiger partial charge in [0.05, 0.1) is 133 Å². The van der Waals surface area contributed by atoms with Gasteiger partial charge in [-0.25, -0.2) is 4.98 Å². The largest absolute Gasteiger partial charge is 0.493 e. The molecule has 0 saturated heterocycles. The molecule has 17 aromatic rings. The third-order valence-electron chi connectivity index (χ3n) is 25.9. The molecule has 4 aliphatic carbocycles. The van der Waals surface area contributed by atoms with Crippen LogP contribution in [0.3, 0.4) is 0 Å². The summed E-state index contributed by atoms with van der Waals surface area (Å²) < 4.78 is 111. The molecule has 0 aliphatic heterocycles. The number of pyridine rings is 5. The van der Waals surface area contributed by atoms with Crippen LogP contribution in [0.15, 0.2) is 213 Å². The second kappa shape index (κ2) is 37.4. The number of aliphatic carboxylic acids is 5. The first-order chi connectivity index (χ1) is 65.4. The maximum Gasteiger partial charge on any atom is 0.398 e. The van der Waals surface area contributed by atoms with Crippen molar-refractivity contribution in [2.75, 3.05) is 21.3 Å². The standard InChI is InChI=1S/C24H15ClN2O4.C21H18ClNO4.C20H15ClF3NO4.C20H17ClF3NO4.C17H15Cl2NO2/c25-18-10-9-17-21(23(18)31-24-15-6-2-1-5-14(15)11-12-26-24)27(13-20(28)29)19-8-4-3-7-16(19)22(17)30;1-27-20-15(22)5-4-14-18(20)23(10-17(24)25)16-6-12(2-3-13(16)19(14)26)21-7-11(8-21)9-21;1-29-18-13(21)5-4-12-16(18)25(9-15(26)27)14-8-10(2-3-11(14)17(12)28)19(6-7-19)20(22,23)24;1-19(2,20(22,23)24)10-4-5-11-14(8-10)25(9-15(26)27)16-12(17(11)28)6-7-13(21)18(16)29-3;1-9(2)10-3-6-14-12(7-10)11-4-5-13(18)16(19)17(11)20(14)8-15(21)22/h1-12H,13H2,(H,28,29);2-6,11H,7-10H2,1H3,(H,24,25);2-5,8H,6-7,9H2,1H3,(H,26,27);4-8H,9H2,1-3H3,(H,26,27);3-7,9H,8H2,1-2H3,(H,21,22). The van der Waals surface area contributed by atoms with Gasteiger partial charge >= 0.3 is 42.2 Å². The van der Waals surface area contributed by atoms with Gasteiger partial charge in [0.25, 0.3) is 0 Å². The number of para-hydroxylation sites is 1. The average Bonchev–Trinajstić information content (AvgIpc) is 0.859. The Morgan fingerprint density at radius 3 is 1.20 bits per heavy atom. The van der Waals surface area contributed by atoms with E-state index in [1.165, 1.54) is 122 Å². The summed E-state index contributed by atoms with van der Waals surface area (Å²) in [5, 5.41) is 54.6. The molecule has 36 heteroatoms. The smallest absolute Gasteiger partial charge is 0.398 e. The quantitative estimate of drug-likeness (QED) is 0.0371. The van der Waals surface area contributed by atoms with Crippen molar-refractivity contribution < 1.29 is 94.8 Å². The minimum absolute atomic E-state index is 0.0105. The topological polar surface area (TPSA) is 329 Å². The zero-order chi connectivity index (χ0) is 99.3. The monoisotopic (exact) mass is 2000 g/mol. The van der Waals surface area contributed by atoms with Gasteiger partial charge in [-0.1, -0.05) is 144 Å². The number of hydrogen-bond donors (Lipinski definition) is 5. The maximum atomic E-state index is 13.6. The molecule has 138 heavy (non-hydrogen) atoms. The summed E-state index contributed by atoms with van der Waals surface area (Å²) in [6.45, 7) is 4.33. The summed E-state index contributed by atoms with van der Waals surface area (Å²) in [7, 11) is 4.10. The molecule has 2 bridgehead atoms. The zero-order valence-electron chi connectivity index (χ0n) is 74.0. The highest BCUT2D eigenvalue weighted by Gasteiger charge is 2.64. The minimum Gasteiger partial charge on any atom is -0.493 e. The van der Waals surface area contributed by atoms with Crippen LogP contribution in [0.4, 0.5) is 26.3 Å². The highest BCUT2D eigenvalue weighted by atomic mass is 35.5. The van der Waals surface area contributed by atoms with Gasteiger partial charge in [-0.05, 0) is 218 Å². The molecule has 0 atom stereocenters. The van der Waals surface area contributed by atoms with Gasteiger partial charge in [-0.15, -0.1) is 0 Å². The van der Waals surface area contributed by atoms with E-state index in [-0.39, 0.29) is 136 Å². The summed E-state index contributed by atoms with van der Waals surface area (Å²) in [4.78, 5) is 114. The lowest BCUT2D eigenvalue weighted by atomic mass is 9.42. The summed E-state index contributed by atoms with van der Waals surface area (Å²) in [5.41, 5.74) is 0.878. The SMILES string of the molecule is CC(C)c1ccc2c(c1)c1ccc(Cl)c(Cl)c1n2CC(=O)O.COc1c(Cl)ccc2c(=O)c3ccc(C(C)(C)C(F)(F)F)cc3n(CC(=O)O)c12.COc1c(Cl)ccc2c(=O)c3ccc(C4(C(F)(F)F)CC4)cc3n(CC(=O)O)c12.COc1c(Cl)ccc2c(=O)c3ccc(C45CC(C4)C5)cc3n(CC(=O)O)c12.O=C(O)Cn1c2ccccc2c(=O)c2ccc(Cl)c(Oc3nccc4ccccc34)c21. The number of ether oxygens (including phenoxy) is 4. The number of methoxy groups -OCH3 is 3. The van der Waals surface area contributed by atoms with Crippen LogP contribution in [-0.4, -0.2) is 117 Å². The molecule has 0 radical (unpaired) electrons. The first-order valence-corrected chi connectivity index (χ1v) is 45.0. The van der Waals surface area contributed by atoms with Crippen molar-refractivity contribution in [1.29, 1.82) is 0 Å². The number of alkyl halides is 6. The maximum absolute atomic E-state index is 13.6. The van der Waals surface area contributed by atoms with Gasteiger partial charge in [0.15, 0.2) is 44.7 Å². The third kappa shape index (κ3) is 17.5. The minimum atomic E-state index is -4.55. The van der Waals surface area contributed by atoms with Gasteiger partial charge in [0.1, 0.15) is 32.7 Å². The van der Waals surface area contributed by atoms with Gasteiger partial charge in [-0.2, -0.15) is 26.3 Å². The molecule has 21 rings (SSSR count). The van der Waals surface area contributed by atoms with Crippen LogP contribution >= 0.6 is 69.6 Å². The molecule has 0 unspecified atom stereocenters. The number of carboxylic acid groups (broad SMARTS) is 5. The van der Waals surface area contributed by atoms with Crippen molar-refractivity contribution >= 4 is 219 Å². The van der Waals surface area contributed by atoms with Crippen molar-refractivity contribution in [2.45, 2.75) is 127 Å². The number of carboxylic acids is 5. The van der Waals surface area contributed by atoms with E-state index in [0.29, 0.717) is 81.7 Å². The molecule has 4 saturated carbocycles. The Morgan fingerprint density at radius 1 is 0.406 bits per heavy atom. The molecule has 6 heterocycles. The number of halogens is 12. The number of aromatic nitrogens is 6. The Kier molecular flexibility index (Phi) is 26.4. The summed E-state index contributed by atoms with van der Waals surface area (Å²) in [6.07, 6.45) is -3.90. The Labute approximate surface area is 807 Å². The molecule has 0 amide bonds. The Morgan fingerprint density at radius 2 is 0.775 bits per heavy atom. The Hall–Kier alpha value is -13.6. The first kappa shape index (κ1) is 97.5. The van der Waals surface area contributed by atoms with Crippen LogP contribution in [0.1, 0.15) is 88.0 Å². The fraction of sp³-hybridized carbons (Fsp3) is 0.235. The summed E-state index contributed by atoms with van der Waals surface area (Å²) in [6, 6.07) is 51.8. The van der Waals surface area contributed by atoms with Gasteiger partial charge < -0.3 is 67.3 Å². The highest BCUT2D eigenvalue weighted by molar-refractivity contribution is 6.46.